The predicted octanol–water partition coefficient (Wildman–Crippen LogP) is 3.49. The van der Waals surface area contributed by atoms with Gasteiger partial charge in [0.1, 0.15) is 5.82 Å². The molecule has 0 aliphatic heterocycles. The number of H-pyrrole nitrogens is 1. The first-order chi connectivity index (χ1) is 8.61. The quantitative estimate of drug-likeness (QED) is 0.887. The Bertz CT molecular complexity index is 516. The van der Waals surface area contributed by atoms with E-state index < -0.39 is 0 Å². The molecular formula is C14H18ClN3. The van der Waals surface area contributed by atoms with E-state index in [-0.39, 0.29) is 0 Å². The fourth-order valence-corrected chi connectivity index (χ4v) is 2.12. The highest BCUT2D eigenvalue weighted by atomic mass is 35.5. The SMILES string of the molecule is Cc1[nH]c(C(C)CCN)nc1-c1ccc(Cl)cc1. The number of rotatable bonds is 4. The zero-order valence-electron chi connectivity index (χ0n) is 10.7. The van der Waals surface area contributed by atoms with Crippen LogP contribution < -0.4 is 5.73 Å². The van der Waals surface area contributed by atoms with Crippen molar-refractivity contribution in [2.75, 3.05) is 6.54 Å². The van der Waals surface area contributed by atoms with Gasteiger partial charge >= 0.3 is 0 Å². The monoisotopic (exact) mass is 263 g/mol. The molecule has 0 amide bonds. The van der Waals surface area contributed by atoms with Gasteiger partial charge in [0.05, 0.1) is 5.69 Å². The molecule has 0 saturated heterocycles. The second-order valence-corrected chi connectivity index (χ2v) is 5.02. The molecule has 1 atom stereocenters. The van der Waals surface area contributed by atoms with Gasteiger partial charge in [0.2, 0.25) is 0 Å². The topological polar surface area (TPSA) is 54.7 Å². The van der Waals surface area contributed by atoms with E-state index in [0.717, 1.165) is 34.2 Å². The Balaban J connectivity index is 2.31. The standard InChI is InChI=1S/C14H18ClN3/c1-9(7-8-16)14-17-10(2)13(18-14)11-3-5-12(15)6-4-11/h3-6,9H,7-8,16H2,1-2H3,(H,17,18). The predicted molar refractivity (Wildman–Crippen MR) is 75.9 cm³/mol. The maximum atomic E-state index is 5.89. The van der Waals surface area contributed by atoms with Gasteiger partial charge in [-0.25, -0.2) is 4.98 Å². The summed E-state index contributed by atoms with van der Waals surface area (Å²) in [5.41, 5.74) is 8.74. The molecule has 0 aliphatic rings. The zero-order chi connectivity index (χ0) is 13.1. The third-order valence-corrected chi connectivity index (χ3v) is 3.34. The summed E-state index contributed by atoms with van der Waals surface area (Å²) in [6.45, 7) is 4.85. The molecule has 1 aromatic carbocycles. The van der Waals surface area contributed by atoms with E-state index in [0.29, 0.717) is 12.5 Å². The first kappa shape index (κ1) is 13.1. The Kier molecular flexibility index (Phi) is 4.04. The van der Waals surface area contributed by atoms with Crippen LogP contribution >= 0.6 is 11.6 Å². The van der Waals surface area contributed by atoms with Crippen molar-refractivity contribution < 1.29 is 0 Å². The number of hydrogen-bond acceptors (Lipinski definition) is 2. The van der Waals surface area contributed by atoms with Crippen LogP contribution in [0.2, 0.25) is 5.02 Å². The Hall–Kier alpha value is -1.32. The van der Waals surface area contributed by atoms with Crippen LogP contribution in [0.3, 0.4) is 0 Å². The van der Waals surface area contributed by atoms with Crippen LogP contribution in [0.4, 0.5) is 0 Å². The number of nitrogens with one attached hydrogen (secondary N) is 1. The van der Waals surface area contributed by atoms with E-state index in [2.05, 4.69) is 16.9 Å². The Morgan fingerprint density at radius 3 is 2.61 bits per heavy atom. The molecule has 1 aromatic heterocycles. The molecule has 3 nitrogen and oxygen atoms in total. The van der Waals surface area contributed by atoms with Crippen molar-refractivity contribution in [2.24, 2.45) is 5.73 Å². The summed E-state index contributed by atoms with van der Waals surface area (Å²) in [5.74, 6) is 1.36. The molecule has 0 saturated carbocycles. The van der Waals surface area contributed by atoms with Crippen LogP contribution in [0.1, 0.15) is 30.8 Å². The van der Waals surface area contributed by atoms with Gasteiger partial charge in [0, 0.05) is 22.2 Å². The number of halogens is 1. The van der Waals surface area contributed by atoms with Crippen LogP contribution in [-0.2, 0) is 0 Å². The van der Waals surface area contributed by atoms with Crippen molar-refractivity contribution in [3.8, 4) is 11.3 Å². The summed E-state index contributed by atoms with van der Waals surface area (Å²) in [6, 6.07) is 7.74. The summed E-state index contributed by atoms with van der Waals surface area (Å²) >= 11 is 5.89. The number of aromatic amines is 1. The molecule has 0 radical (unpaired) electrons. The average molecular weight is 264 g/mol. The van der Waals surface area contributed by atoms with Gasteiger partial charge in [-0.1, -0.05) is 30.7 Å². The summed E-state index contributed by atoms with van der Waals surface area (Å²) in [6.07, 6.45) is 0.938. The third-order valence-electron chi connectivity index (χ3n) is 3.09. The molecular weight excluding hydrogens is 246 g/mol. The second-order valence-electron chi connectivity index (χ2n) is 4.58. The van der Waals surface area contributed by atoms with Crippen molar-refractivity contribution in [1.29, 1.82) is 0 Å². The van der Waals surface area contributed by atoms with Gasteiger partial charge in [-0.2, -0.15) is 0 Å². The van der Waals surface area contributed by atoms with Gasteiger partial charge in [-0.05, 0) is 32.0 Å². The maximum Gasteiger partial charge on any atom is 0.109 e. The minimum Gasteiger partial charge on any atom is -0.345 e. The van der Waals surface area contributed by atoms with Crippen molar-refractivity contribution in [3.05, 3.63) is 40.8 Å². The van der Waals surface area contributed by atoms with Gasteiger partial charge in [0.25, 0.3) is 0 Å². The van der Waals surface area contributed by atoms with E-state index in [9.17, 15) is 0 Å². The third kappa shape index (κ3) is 2.74. The number of nitrogens with two attached hydrogens (primary N) is 1. The highest BCUT2D eigenvalue weighted by Gasteiger charge is 2.13. The fourth-order valence-electron chi connectivity index (χ4n) is 1.99. The number of aryl methyl sites for hydroxylation is 1. The second kappa shape index (κ2) is 5.55. The van der Waals surface area contributed by atoms with E-state index in [4.69, 9.17) is 17.3 Å². The van der Waals surface area contributed by atoms with Crippen LogP contribution in [0.15, 0.2) is 24.3 Å². The lowest BCUT2D eigenvalue weighted by molar-refractivity contribution is 0.654. The van der Waals surface area contributed by atoms with Crippen molar-refractivity contribution in [3.63, 3.8) is 0 Å². The minimum atomic E-state index is 0.356. The molecule has 0 bridgehead atoms. The molecule has 1 unspecified atom stereocenters. The highest BCUT2D eigenvalue weighted by molar-refractivity contribution is 6.30. The zero-order valence-corrected chi connectivity index (χ0v) is 11.5. The Morgan fingerprint density at radius 2 is 2.00 bits per heavy atom. The molecule has 2 rings (SSSR count). The lowest BCUT2D eigenvalue weighted by Crippen LogP contribution is -2.05. The van der Waals surface area contributed by atoms with Crippen LogP contribution in [0, 0.1) is 6.92 Å². The minimum absolute atomic E-state index is 0.356. The molecule has 0 spiro atoms. The fraction of sp³-hybridized carbons (Fsp3) is 0.357. The van der Waals surface area contributed by atoms with Crippen LogP contribution in [-0.4, -0.2) is 16.5 Å². The van der Waals surface area contributed by atoms with Gasteiger partial charge in [-0.3, -0.25) is 0 Å². The van der Waals surface area contributed by atoms with Crippen molar-refractivity contribution >= 4 is 11.6 Å². The largest absolute Gasteiger partial charge is 0.345 e. The van der Waals surface area contributed by atoms with Gasteiger partial charge in [0.15, 0.2) is 0 Å². The summed E-state index contributed by atoms with van der Waals surface area (Å²) in [4.78, 5) is 8.02. The van der Waals surface area contributed by atoms with Crippen LogP contribution in [0.25, 0.3) is 11.3 Å². The molecule has 2 aromatic rings. The number of hydrogen-bond donors (Lipinski definition) is 2. The summed E-state index contributed by atoms with van der Waals surface area (Å²) in [5, 5.41) is 0.740. The number of aromatic nitrogens is 2. The van der Waals surface area contributed by atoms with E-state index in [1.54, 1.807) is 0 Å². The lowest BCUT2D eigenvalue weighted by Gasteiger charge is -2.05. The molecule has 18 heavy (non-hydrogen) atoms. The van der Waals surface area contributed by atoms with E-state index >= 15 is 0 Å². The van der Waals surface area contributed by atoms with E-state index in [1.165, 1.54) is 0 Å². The Morgan fingerprint density at radius 1 is 1.33 bits per heavy atom. The summed E-state index contributed by atoms with van der Waals surface area (Å²) in [7, 11) is 0. The number of imidazole rings is 1. The van der Waals surface area contributed by atoms with Crippen molar-refractivity contribution in [2.45, 2.75) is 26.2 Å². The first-order valence-corrected chi connectivity index (χ1v) is 6.52. The van der Waals surface area contributed by atoms with Crippen molar-refractivity contribution in [1.82, 2.24) is 9.97 Å². The molecule has 0 fully saturated rings. The molecule has 0 aliphatic carbocycles. The van der Waals surface area contributed by atoms with Crippen LogP contribution in [0.5, 0.6) is 0 Å². The lowest BCUT2D eigenvalue weighted by atomic mass is 10.1. The summed E-state index contributed by atoms with van der Waals surface area (Å²) < 4.78 is 0. The van der Waals surface area contributed by atoms with Gasteiger partial charge < -0.3 is 10.7 Å². The van der Waals surface area contributed by atoms with E-state index in [1.807, 2.05) is 31.2 Å². The van der Waals surface area contributed by atoms with Gasteiger partial charge in [-0.15, -0.1) is 0 Å². The molecule has 1 heterocycles. The number of benzene rings is 1. The molecule has 96 valence electrons. The maximum absolute atomic E-state index is 5.89. The average Bonchev–Trinajstić information content (AvgIpc) is 2.73. The first-order valence-electron chi connectivity index (χ1n) is 6.14. The number of nitrogens with zero attached hydrogens (tertiary/aromatic N) is 1. The Labute approximate surface area is 112 Å². The normalized spacial score (nSPS) is 12.7. The highest BCUT2D eigenvalue weighted by Crippen LogP contribution is 2.25. The molecule has 4 heteroatoms. The molecule has 3 N–H and O–H groups in total. The smallest absolute Gasteiger partial charge is 0.109 e.